The van der Waals surface area contributed by atoms with Crippen molar-refractivity contribution in [2.45, 2.75) is 32.6 Å². The molecule has 0 aromatic heterocycles. The van der Waals surface area contributed by atoms with E-state index >= 15 is 0 Å². The van der Waals surface area contributed by atoms with Crippen LogP contribution in [0.3, 0.4) is 0 Å². The second kappa shape index (κ2) is 6.13. The number of carbonyl (C=O) groups is 3. The number of carbonyl (C=O) groups excluding carboxylic acids is 3. The van der Waals surface area contributed by atoms with Crippen molar-refractivity contribution in [1.29, 1.82) is 0 Å². The second-order valence-corrected chi connectivity index (χ2v) is 7.88. The van der Waals surface area contributed by atoms with Crippen LogP contribution in [-0.4, -0.2) is 29.2 Å². The third-order valence-corrected chi connectivity index (χ3v) is 6.44. The quantitative estimate of drug-likeness (QED) is 0.839. The van der Waals surface area contributed by atoms with Crippen molar-refractivity contribution in [3.05, 3.63) is 28.8 Å². The first-order valence-electron chi connectivity index (χ1n) is 8.87. The van der Waals surface area contributed by atoms with Crippen molar-refractivity contribution in [3.8, 4) is 0 Å². The molecule has 6 heteroatoms. The Morgan fingerprint density at radius 1 is 1.20 bits per heavy atom. The molecule has 1 saturated heterocycles. The van der Waals surface area contributed by atoms with Crippen molar-refractivity contribution >= 4 is 35.0 Å². The SMILES string of the molecule is Cc1ccc(NC(=O)CCN2C(=O)[C@@H]3[C@@H]4CC[C@@H](C4)[C@@H]3C2=O)cc1Cl. The number of nitrogens with one attached hydrogen (secondary N) is 1. The van der Waals surface area contributed by atoms with E-state index in [2.05, 4.69) is 5.32 Å². The van der Waals surface area contributed by atoms with Gasteiger partial charge in [0.05, 0.1) is 11.8 Å². The molecule has 2 saturated carbocycles. The van der Waals surface area contributed by atoms with E-state index in [1.807, 2.05) is 13.0 Å². The van der Waals surface area contributed by atoms with Gasteiger partial charge in [-0.25, -0.2) is 0 Å². The molecule has 0 spiro atoms. The average molecular weight is 361 g/mol. The van der Waals surface area contributed by atoms with Crippen molar-refractivity contribution in [3.63, 3.8) is 0 Å². The first-order chi connectivity index (χ1) is 12.0. The summed E-state index contributed by atoms with van der Waals surface area (Å²) in [5.74, 6) is 0.165. The number of anilines is 1. The van der Waals surface area contributed by atoms with Crippen LogP contribution < -0.4 is 5.32 Å². The third-order valence-electron chi connectivity index (χ3n) is 6.04. The fraction of sp³-hybridized carbons (Fsp3) is 0.526. The van der Waals surface area contributed by atoms with E-state index < -0.39 is 0 Å². The lowest BCUT2D eigenvalue weighted by molar-refractivity contribution is -0.140. The zero-order chi connectivity index (χ0) is 17.7. The van der Waals surface area contributed by atoms with Gasteiger partial charge in [-0.05, 0) is 55.7 Å². The molecule has 2 aliphatic carbocycles. The van der Waals surface area contributed by atoms with Gasteiger partial charge in [0, 0.05) is 23.7 Å². The Morgan fingerprint density at radius 2 is 1.84 bits per heavy atom. The van der Waals surface area contributed by atoms with Crippen molar-refractivity contribution in [2.24, 2.45) is 23.7 Å². The first kappa shape index (κ1) is 16.6. The molecule has 0 unspecified atom stereocenters. The summed E-state index contributed by atoms with van der Waals surface area (Å²) in [7, 11) is 0. The number of amides is 3. The Labute approximate surface area is 151 Å². The molecule has 1 aromatic rings. The first-order valence-corrected chi connectivity index (χ1v) is 9.24. The summed E-state index contributed by atoms with van der Waals surface area (Å²) < 4.78 is 0. The largest absolute Gasteiger partial charge is 0.326 e. The lowest BCUT2D eigenvalue weighted by atomic mass is 9.81. The fourth-order valence-corrected chi connectivity index (χ4v) is 4.98. The highest BCUT2D eigenvalue weighted by molar-refractivity contribution is 6.31. The molecule has 3 fully saturated rings. The van der Waals surface area contributed by atoms with Crippen molar-refractivity contribution < 1.29 is 14.4 Å². The maximum absolute atomic E-state index is 12.6. The van der Waals surface area contributed by atoms with Crippen LogP contribution in [-0.2, 0) is 14.4 Å². The highest BCUT2D eigenvalue weighted by atomic mass is 35.5. The lowest BCUT2D eigenvalue weighted by Gasteiger charge is -2.19. The monoisotopic (exact) mass is 360 g/mol. The second-order valence-electron chi connectivity index (χ2n) is 7.48. The van der Waals surface area contributed by atoms with Gasteiger partial charge < -0.3 is 5.32 Å². The maximum Gasteiger partial charge on any atom is 0.233 e. The number of imide groups is 1. The molecule has 132 valence electrons. The van der Waals surface area contributed by atoms with Crippen LogP contribution in [0.25, 0.3) is 0 Å². The summed E-state index contributed by atoms with van der Waals surface area (Å²) in [6.07, 6.45) is 3.26. The number of hydrogen-bond donors (Lipinski definition) is 1. The Bertz CT molecular complexity index is 735. The van der Waals surface area contributed by atoms with E-state index in [1.54, 1.807) is 12.1 Å². The summed E-state index contributed by atoms with van der Waals surface area (Å²) in [6, 6.07) is 5.32. The highest BCUT2D eigenvalue weighted by Crippen LogP contribution is 2.56. The lowest BCUT2D eigenvalue weighted by Crippen LogP contribution is -2.35. The molecule has 5 nitrogen and oxygen atoms in total. The van der Waals surface area contributed by atoms with E-state index in [0.717, 1.165) is 24.8 Å². The van der Waals surface area contributed by atoms with Crippen LogP contribution in [0.4, 0.5) is 5.69 Å². The van der Waals surface area contributed by atoms with Gasteiger partial charge in [-0.15, -0.1) is 0 Å². The van der Waals surface area contributed by atoms with E-state index in [4.69, 9.17) is 11.6 Å². The van der Waals surface area contributed by atoms with Crippen LogP contribution in [0, 0.1) is 30.6 Å². The highest BCUT2D eigenvalue weighted by Gasteiger charge is 2.60. The summed E-state index contributed by atoms with van der Waals surface area (Å²) in [6.45, 7) is 2.05. The minimum absolute atomic E-state index is 0.0617. The number of fused-ring (bicyclic) bond motifs is 5. The van der Waals surface area contributed by atoms with E-state index in [0.29, 0.717) is 22.5 Å². The number of rotatable bonds is 4. The molecule has 1 aromatic carbocycles. The zero-order valence-corrected chi connectivity index (χ0v) is 14.9. The average Bonchev–Trinajstić information content (AvgIpc) is 3.24. The molecular formula is C19H21ClN2O3. The smallest absolute Gasteiger partial charge is 0.233 e. The molecule has 3 amide bonds. The normalized spacial score (nSPS) is 30.1. The number of likely N-dealkylation sites (tertiary alicyclic amines) is 1. The summed E-state index contributed by atoms with van der Waals surface area (Å²) in [5, 5.41) is 3.36. The van der Waals surface area contributed by atoms with Crippen LogP contribution in [0.15, 0.2) is 18.2 Å². The molecule has 1 aliphatic heterocycles. The van der Waals surface area contributed by atoms with Crippen molar-refractivity contribution in [1.82, 2.24) is 4.90 Å². The van der Waals surface area contributed by atoms with Gasteiger partial charge in [-0.2, -0.15) is 0 Å². The maximum atomic E-state index is 12.6. The molecule has 25 heavy (non-hydrogen) atoms. The van der Waals surface area contributed by atoms with Gasteiger partial charge in [0.15, 0.2) is 0 Å². The van der Waals surface area contributed by atoms with E-state index in [9.17, 15) is 14.4 Å². The van der Waals surface area contributed by atoms with E-state index in [-0.39, 0.29) is 42.5 Å². The molecule has 4 rings (SSSR count). The predicted molar refractivity (Wildman–Crippen MR) is 94.0 cm³/mol. The number of hydrogen-bond acceptors (Lipinski definition) is 3. The molecular weight excluding hydrogens is 340 g/mol. The Kier molecular flexibility index (Phi) is 4.07. The number of benzene rings is 1. The Morgan fingerprint density at radius 3 is 2.44 bits per heavy atom. The molecule has 1 heterocycles. The standard InChI is InChI=1S/C19H21ClN2O3/c1-10-2-5-13(9-14(10)20)21-15(23)6-7-22-18(24)16-11-3-4-12(8-11)17(16)19(22)25/h2,5,9,11-12,16-17H,3-4,6-8H2,1H3,(H,21,23)/t11-,12+,16-,17+. The minimum atomic E-state index is -0.222. The minimum Gasteiger partial charge on any atom is -0.326 e. The van der Waals surface area contributed by atoms with Gasteiger partial charge in [0.2, 0.25) is 17.7 Å². The molecule has 1 N–H and O–H groups in total. The number of nitrogens with zero attached hydrogens (tertiary/aromatic N) is 1. The van der Waals surface area contributed by atoms with Gasteiger partial charge in [0.1, 0.15) is 0 Å². The van der Waals surface area contributed by atoms with Crippen LogP contribution in [0.1, 0.15) is 31.2 Å². The molecule has 4 atom stereocenters. The zero-order valence-electron chi connectivity index (χ0n) is 14.1. The Hall–Kier alpha value is -1.88. The molecule has 3 aliphatic rings. The number of halogens is 1. The molecule has 0 radical (unpaired) electrons. The Balaban J connectivity index is 1.36. The van der Waals surface area contributed by atoms with Crippen LogP contribution in [0.5, 0.6) is 0 Å². The van der Waals surface area contributed by atoms with Gasteiger partial charge >= 0.3 is 0 Å². The summed E-state index contributed by atoms with van der Waals surface area (Å²) in [5.41, 5.74) is 1.56. The number of aryl methyl sites for hydroxylation is 1. The predicted octanol–water partition coefficient (Wildman–Crippen LogP) is 3.01. The van der Waals surface area contributed by atoms with Crippen LogP contribution >= 0.6 is 11.6 Å². The summed E-state index contributed by atoms with van der Waals surface area (Å²) in [4.78, 5) is 38.7. The third kappa shape index (κ3) is 2.74. The fourth-order valence-electron chi connectivity index (χ4n) is 4.80. The van der Waals surface area contributed by atoms with E-state index in [1.165, 1.54) is 4.90 Å². The topological polar surface area (TPSA) is 66.5 Å². The van der Waals surface area contributed by atoms with Gasteiger partial charge in [-0.1, -0.05) is 17.7 Å². The van der Waals surface area contributed by atoms with Gasteiger partial charge in [-0.3, -0.25) is 19.3 Å². The molecule has 2 bridgehead atoms. The van der Waals surface area contributed by atoms with Crippen molar-refractivity contribution in [2.75, 3.05) is 11.9 Å². The van der Waals surface area contributed by atoms with Crippen LogP contribution in [0.2, 0.25) is 5.02 Å². The van der Waals surface area contributed by atoms with Gasteiger partial charge in [0.25, 0.3) is 0 Å². The summed E-state index contributed by atoms with van der Waals surface area (Å²) >= 11 is 6.06.